The third-order valence-corrected chi connectivity index (χ3v) is 6.57. The van der Waals surface area contributed by atoms with E-state index in [1.54, 1.807) is 0 Å². The number of carboxylic acids is 1. The quantitative estimate of drug-likeness (QED) is 0.105. The highest BCUT2D eigenvalue weighted by molar-refractivity contribution is 5.66. The molecule has 1 N–H and O–H groups in total. The Morgan fingerprint density at radius 3 is 1.28 bits per heavy atom. The molecule has 0 rings (SSSR count). The number of hydrogen-bond donors (Lipinski definition) is 1. The summed E-state index contributed by atoms with van der Waals surface area (Å²) in [6.07, 6.45) is -5.32. The van der Waals surface area contributed by atoms with E-state index in [0.29, 0.717) is 19.3 Å². The van der Waals surface area contributed by atoms with Crippen LogP contribution in [0.4, 0.5) is 57.1 Å². The monoisotopic (exact) mass is 602 g/mol. The molecule has 0 aromatic carbocycles. The van der Waals surface area contributed by atoms with E-state index in [0.717, 1.165) is 19.3 Å². The van der Waals surface area contributed by atoms with Gasteiger partial charge in [0.1, 0.15) is 0 Å². The van der Waals surface area contributed by atoms with Crippen molar-refractivity contribution in [2.24, 2.45) is 5.92 Å². The van der Waals surface area contributed by atoms with Crippen LogP contribution in [0.15, 0.2) is 0 Å². The molecule has 1 unspecified atom stereocenters. The minimum atomic E-state index is -7.89. The highest BCUT2D eigenvalue weighted by Crippen LogP contribution is 2.61. The first-order valence-corrected chi connectivity index (χ1v) is 12.8. The number of carbonyl (C=O) groups is 1. The van der Waals surface area contributed by atoms with Crippen molar-refractivity contribution in [2.75, 3.05) is 0 Å². The number of hydrogen-bond acceptors (Lipinski definition) is 1. The van der Waals surface area contributed by atoms with Gasteiger partial charge in [-0.25, -0.2) is 0 Å². The molecule has 39 heavy (non-hydrogen) atoms. The van der Waals surface area contributed by atoms with E-state index in [9.17, 15) is 61.9 Å². The summed E-state index contributed by atoms with van der Waals surface area (Å²) in [4.78, 5) is 10.5. The summed E-state index contributed by atoms with van der Waals surface area (Å²) in [5.41, 5.74) is 0. The topological polar surface area (TPSA) is 37.3 Å². The van der Waals surface area contributed by atoms with Gasteiger partial charge in [-0.1, -0.05) is 77.6 Å². The number of aliphatic carboxylic acids is 1. The molecule has 0 saturated carbocycles. The van der Waals surface area contributed by atoms with Crippen molar-refractivity contribution in [1.29, 1.82) is 0 Å². The first kappa shape index (κ1) is 37.6. The van der Waals surface area contributed by atoms with Gasteiger partial charge < -0.3 is 5.11 Å². The molecule has 1 atom stereocenters. The average Bonchev–Trinajstić information content (AvgIpc) is 2.79. The van der Waals surface area contributed by atoms with Gasteiger partial charge in [-0.15, -0.1) is 0 Å². The Bertz CT molecular complexity index is 721. The zero-order chi connectivity index (χ0) is 30.8. The number of carboxylic acid groups (broad SMARTS) is 1. The van der Waals surface area contributed by atoms with Crippen molar-refractivity contribution in [3.63, 3.8) is 0 Å². The molecule has 0 aliphatic heterocycles. The van der Waals surface area contributed by atoms with Crippen molar-refractivity contribution >= 4 is 5.97 Å². The molecular weight excluding hydrogens is 567 g/mol. The van der Waals surface area contributed by atoms with Crippen LogP contribution in [0.25, 0.3) is 0 Å². The molecular formula is C24H35F13O2. The molecule has 0 saturated heterocycles. The van der Waals surface area contributed by atoms with Crippen LogP contribution in [-0.2, 0) is 4.79 Å². The van der Waals surface area contributed by atoms with E-state index in [4.69, 9.17) is 5.11 Å². The molecule has 2 nitrogen and oxygen atoms in total. The largest absolute Gasteiger partial charge is 0.481 e. The van der Waals surface area contributed by atoms with Gasteiger partial charge in [0.05, 0.1) is 0 Å². The van der Waals surface area contributed by atoms with E-state index in [1.807, 2.05) is 6.92 Å². The van der Waals surface area contributed by atoms with Gasteiger partial charge in [-0.3, -0.25) is 4.79 Å². The van der Waals surface area contributed by atoms with Crippen molar-refractivity contribution in [2.45, 2.75) is 139 Å². The molecule has 0 aliphatic carbocycles. The lowest BCUT2D eigenvalue weighted by atomic mass is 9.82. The van der Waals surface area contributed by atoms with Crippen LogP contribution in [0.1, 0.15) is 103 Å². The zero-order valence-corrected chi connectivity index (χ0v) is 21.5. The molecule has 0 aliphatic rings. The Labute approximate surface area is 218 Å². The van der Waals surface area contributed by atoms with E-state index in [-0.39, 0.29) is 44.9 Å². The van der Waals surface area contributed by atoms with Crippen LogP contribution in [0.3, 0.4) is 0 Å². The second-order valence-electron chi connectivity index (χ2n) is 9.73. The summed E-state index contributed by atoms with van der Waals surface area (Å²) >= 11 is 0. The molecule has 0 bridgehead atoms. The lowest BCUT2D eigenvalue weighted by Crippen LogP contribution is -2.71. The van der Waals surface area contributed by atoms with Gasteiger partial charge in [0.15, 0.2) is 0 Å². The fourth-order valence-corrected chi connectivity index (χ4v) is 4.09. The predicted molar refractivity (Wildman–Crippen MR) is 117 cm³/mol. The maximum atomic E-state index is 14.8. The smallest absolute Gasteiger partial charge is 0.460 e. The Hall–Kier alpha value is -1.44. The van der Waals surface area contributed by atoms with Crippen molar-refractivity contribution < 1.29 is 67.0 Å². The van der Waals surface area contributed by atoms with Gasteiger partial charge >= 0.3 is 41.8 Å². The van der Waals surface area contributed by atoms with Crippen molar-refractivity contribution in [1.82, 2.24) is 0 Å². The number of halogens is 13. The van der Waals surface area contributed by atoms with Gasteiger partial charge in [0, 0.05) is 12.3 Å². The molecule has 234 valence electrons. The number of alkyl halides is 13. The predicted octanol–water partition coefficient (Wildman–Crippen LogP) is 10.3. The summed E-state index contributed by atoms with van der Waals surface area (Å²) in [5, 5.41) is 8.56. The second kappa shape index (κ2) is 15.0. The van der Waals surface area contributed by atoms with Crippen LogP contribution >= 0.6 is 0 Å². The third kappa shape index (κ3) is 9.29. The normalized spacial score (nSPS) is 15.0. The molecule has 15 heteroatoms. The van der Waals surface area contributed by atoms with E-state index < -0.39 is 60.5 Å². The lowest BCUT2D eigenvalue weighted by molar-refractivity contribution is -0.443. The lowest BCUT2D eigenvalue weighted by Gasteiger charge is -2.42. The van der Waals surface area contributed by atoms with E-state index in [1.165, 1.54) is 0 Å². The summed E-state index contributed by atoms with van der Waals surface area (Å²) < 4.78 is 177. The SMILES string of the molecule is CCCCCCCCCC(CCCCCCCC(=O)O)C(F)(F)C(F)(F)C(F)(F)C(F)(F)C(F)(F)C(F)(F)F. The Kier molecular flexibility index (Phi) is 14.4. The molecule has 0 aromatic heterocycles. The standard InChI is InChI=1S/C24H35F13O2/c1-2-3-4-5-6-8-11-14-17(15-12-9-7-10-13-16-18(38)39)19(25,26)20(27,28)21(29,30)22(31,32)23(33,34)24(35,36)37/h17H,2-16H2,1H3,(H,38,39). The van der Waals surface area contributed by atoms with Crippen LogP contribution in [0.2, 0.25) is 0 Å². The minimum absolute atomic E-state index is 0.0491. The molecule has 0 spiro atoms. The highest BCUT2D eigenvalue weighted by Gasteiger charge is 2.91. The molecule has 0 amide bonds. The fraction of sp³-hybridized carbons (Fsp3) is 0.958. The Morgan fingerprint density at radius 2 is 0.897 bits per heavy atom. The van der Waals surface area contributed by atoms with Gasteiger partial charge in [-0.05, 0) is 19.3 Å². The van der Waals surface area contributed by atoms with Gasteiger partial charge in [0.2, 0.25) is 0 Å². The molecule has 0 aromatic rings. The van der Waals surface area contributed by atoms with Crippen LogP contribution < -0.4 is 0 Å². The first-order valence-electron chi connectivity index (χ1n) is 12.8. The summed E-state index contributed by atoms with van der Waals surface area (Å²) in [7, 11) is 0. The third-order valence-electron chi connectivity index (χ3n) is 6.57. The van der Waals surface area contributed by atoms with Gasteiger partial charge in [0.25, 0.3) is 0 Å². The molecule has 0 heterocycles. The summed E-state index contributed by atoms with van der Waals surface area (Å²) in [6.45, 7) is 1.92. The maximum absolute atomic E-state index is 14.8. The van der Waals surface area contributed by atoms with Crippen molar-refractivity contribution in [3.8, 4) is 0 Å². The first-order chi connectivity index (χ1) is 17.6. The summed E-state index contributed by atoms with van der Waals surface area (Å²) in [6, 6.07) is 0. The maximum Gasteiger partial charge on any atom is 0.460 e. The second-order valence-corrected chi connectivity index (χ2v) is 9.73. The fourth-order valence-electron chi connectivity index (χ4n) is 4.09. The van der Waals surface area contributed by atoms with Crippen LogP contribution in [-0.4, -0.2) is 46.9 Å². The van der Waals surface area contributed by atoms with Gasteiger partial charge in [-0.2, -0.15) is 57.1 Å². The zero-order valence-electron chi connectivity index (χ0n) is 21.5. The Morgan fingerprint density at radius 1 is 0.538 bits per heavy atom. The van der Waals surface area contributed by atoms with E-state index in [2.05, 4.69) is 0 Å². The number of unbranched alkanes of at least 4 members (excludes halogenated alkanes) is 10. The summed E-state index contributed by atoms with van der Waals surface area (Å²) in [5.74, 6) is -40.5. The van der Waals surface area contributed by atoms with E-state index >= 15 is 0 Å². The van der Waals surface area contributed by atoms with Crippen LogP contribution in [0.5, 0.6) is 0 Å². The highest BCUT2D eigenvalue weighted by atomic mass is 19.4. The van der Waals surface area contributed by atoms with Crippen LogP contribution in [0, 0.1) is 5.92 Å². The minimum Gasteiger partial charge on any atom is -0.481 e. The average molecular weight is 603 g/mol. The Balaban J connectivity index is 5.77. The van der Waals surface area contributed by atoms with Crippen molar-refractivity contribution in [3.05, 3.63) is 0 Å². The molecule has 0 radical (unpaired) electrons. The number of rotatable bonds is 21. The molecule has 0 fully saturated rings.